The number of benzene rings is 1. The van der Waals surface area contributed by atoms with E-state index >= 15 is 0 Å². The molecule has 0 spiro atoms. The summed E-state index contributed by atoms with van der Waals surface area (Å²) in [6.45, 7) is 11.2. The maximum atomic E-state index is 12.6. The summed E-state index contributed by atoms with van der Waals surface area (Å²) in [6, 6.07) is 8.03. The minimum Gasteiger partial charge on any atom is -0.455 e. The highest BCUT2D eigenvalue weighted by Crippen LogP contribution is 2.39. The third-order valence-corrected chi connectivity index (χ3v) is 6.17. The second-order valence-electron chi connectivity index (χ2n) is 7.82. The van der Waals surface area contributed by atoms with Crippen LogP contribution in [0, 0.1) is 5.41 Å². The van der Waals surface area contributed by atoms with Crippen molar-refractivity contribution in [3.63, 3.8) is 0 Å². The molecule has 1 fully saturated rings. The van der Waals surface area contributed by atoms with Crippen molar-refractivity contribution in [2.75, 3.05) is 0 Å². The van der Waals surface area contributed by atoms with Crippen LogP contribution >= 0.6 is 0 Å². The Balaban J connectivity index is 2.17. The van der Waals surface area contributed by atoms with Crippen LogP contribution < -0.4 is 0 Å². The van der Waals surface area contributed by atoms with Crippen molar-refractivity contribution in [3.8, 4) is 0 Å². The molecule has 1 aromatic rings. The van der Waals surface area contributed by atoms with Crippen molar-refractivity contribution in [3.05, 3.63) is 35.4 Å². The number of carbonyl (C=O) groups excluding carboxylic acids is 1. The predicted octanol–water partition coefficient (Wildman–Crippen LogP) is 6.11. The third kappa shape index (κ3) is 3.97. The van der Waals surface area contributed by atoms with Crippen LogP contribution in [0.1, 0.15) is 95.0 Å². The lowest BCUT2D eigenvalue weighted by atomic mass is 9.74. The lowest BCUT2D eigenvalue weighted by Gasteiger charge is -2.31. The summed E-state index contributed by atoms with van der Waals surface area (Å²) in [4.78, 5) is 12.6. The number of carbonyl (C=O) groups is 1. The Morgan fingerprint density at radius 2 is 1.91 bits per heavy atom. The van der Waals surface area contributed by atoms with E-state index in [-0.39, 0.29) is 17.0 Å². The molecular weight excluding hydrogens is 284 g/mol. The van der Waals surface area contributed by atoms with Gasteiger partial charge in [-0.25, -0.2) is 4.79 Å². The molecule has 1 saturated carbocycles. The second-order valence-corrected chi connectivity index (χ2v) is 7.82. The number of hydrogen-bond donors (Lipinski definition) is 0. The summed E-state index contributed by atoms with van der Waals surface area (Å²) in [5.74, 6) is 0.254. The van der Waals surface area contributed by atoms with Gasteiger partial charge in [0.25, 0.3) is 0 Å². The highest BCUT2D eigenvalue weighted by Gasteiger charge is 2.36. The first kappa shape index (κ1) is 18.0. The molecule has 2 nitrogen and oxygen atoms in total. The number of ether oxygens (including phenoxy) is 1. The van der Waals surface area contributed by atoms with Gasteiger partial charge in [0.2, 0.25) is 0 Å². The van der Waals surface area contributed by atoms with E-state index in [1.807, 2.05) is 18.2 Å². The van der Waals surface area contributed by atoms with Crippen molar-refractivity contribution in [1.29, 1.82) is 0 Å². The lowest BCUT2D eigenvalue weighted by molar-refractivity contribution is -0.0172. The van der Waals surface area contributed by atoms with E-state index < -0.39 is 0 Å². The minimum atomic E-state index is -0.221. The summed E-state index contributed by atoms with van der Waals surface area (Å²) in [5, 5.41) is 0. The van der Waals surface area contributed by atoms with Gasteiger partial charge in [0.05, 0.1) is 5.56 Å². The van der Waals surface area contributed by atoms with E-state index in [9.17, 15) is 4.79 Å². The van der Waals surface area contributed by atoms with E-state index in [2.05, 4.69) is 40.7 Å². The van der Waals surface area contributed by atoms with E-state index in [0.29, 0.717) is 11.5 Å². The fraction of sp³-hybridized carbons (Fsp3) is 0.667. The standard InChI is InChI=1S/C21H32O2/c1-6-20(4,5)16(3)17-11-10-12-18(15-17)19(22)23-21(7-2)13-8-9-14-21/h10-12,15-16H,6-9,13-14H2,1-5H3. The molecule has 2 rings (SSSR count). The Labute approximate surface area is 141 Å². The van der Waals surface area contributed by atoms with Crippen LogP contribution in [-0.2, 0) is 4.74 Å². The first-order chi connectivity index (χ1) is 10.8. The average Bonchev–Trinajstić information content (AvgIpc) is 3.03. The highest BCUT2D eigenvalue weighted by atomic mass is 16.6. The van der Waals surface area contributed by atoms with Gasteiger partial charge in [-0.05, 0) is 61.1 Å². The molecule has 1 atom stereocenters. The van der Waals surface area contributed by atoms with Gasteiger partial charge in [-0.2, -0.15) is 0 Å². The zero-order valence-electron chi connectivity index (χ0n) is 15.4. The van der Waals surface area contributed by atoms with Crippen LogP contribution in [0.25, 0.3) is 0 Å². The van der Waals surface area contributed by atoms with Crippen LogP contribution in [-0.4, -0.2) is 11.6 Å². The molecule has 0 aromatic heterocycles. The maximum Gasteiger partial charge on any atom is 0.338 e. The van der Waals surface area contributed by atoms with E-state index in [4.69, 9.17) is 4.74 Å². The Kier molecular flexibility index (Phi) is 5.54. The molecule has 1 aromatic carbocycles. The van der Waals surface area contributed by atoms with Gasteiger partial charge in [0.15, 0.2) is 0 Å². The van der Waals surface area contributed by atoms with E-state index in [1.165, 1.54) is 18.4 Å². The average molecular weight is 316 g/mol. The fourth-order valence-electron chi connectivity index (χ4n) is 3.50. The second kappa shape index (κ2) is 7.07. The van der Waals surface area contributed by atoms with Crippen LogP contribution in [0.2, 0.25) is 0 Å². The smallest absolute Gasteiger partial charge is 0.338 e. The molecule has 0 bridgehead atoms. The molecule has 1 aliphatic carbocycles. The summed E-state index contributed by atoms with van der Waals surface area (Å²) < 4.78 is 5.94. The van der Waals surface area contributed by atoms with Crippen molar-refractivity contribution in [1.82, 2.24) is 0 Å². The largest absolute Gasteiger partial charge is 0.455 e. The van der Waals surface area contributed by atoms with Crippen molar-refractivity contribution >= 4 is 5.97 Å². The van der Waals surface area contributed by atoms with E-state index in [0.717, 1.165) is 25.7 Å². The number of rotatable bonds is 6. The molecule has 0 aliphatic heterocycles. The summed E-state index contributed by atoms with van der Waals surface area (Å²) in [6.07, 6.45) is 6.38. The molecule has 128 valence electrons. The van der Waals surface area contributed by atoms with Gasteiger partial charge in [0.1, 0.15) is 5.60 Å². The van der Waals surface area contributed by atoms with Gasteiger partial charge < -0.3 is 4.74 Å². The van der Waals surface area contributed by atoms with Gasteiger partial charge in [-0.15, -0.1) is 0 Å². The summed E-state index contributed by atoms with van der Waals surface area (Å²) in [5.41, 5.74) is 1.92. The van der Waals surface area contributed by atoms with Crippen molar-refractivity contribution in [2.45, 2.75) is 84.7 Å². The van der Waals surface area contributed by atoms with Gasteiger partial charge in [-0.1, -0.05) is 53.2 Å². The first-order valence-electron chi connectivity index (χ1n) is 9.17. The quantitative estimate of drug-likeness (QED) is 0.592. The first-order valence-corrected chi connectivity index (χ1v) is 9.17. The Morgan fingerprint density at radius 1 is 1.26 bits per heavy atom. The van der Waals surface area contributed by atoms with E-state index in [1.54, 1.807) is 0 Å². The normalized spacial score (nSPS) is 18.7. The molecule has 0 amide bonds. The van der Waals surface area contributed by atoms with Gasteiger partial charge >= 0.3 is 5.97 Å². The Hall–Kier alpha value is -1.31. The Bertz CT molecular complexity index is 539. The minimum absolute atomic E-state index is 0.155. The van der Waals surface area contributed by atoms with Crippen molar-refractivity contribution < 1.29 is 9.53 Å². The van der Waals surface area contributed by atoms with Crippen LogP contribution in [0.15, 0.2) is 24.3 Å². The lowest BCUT2D eigenvalue weighted by Crippen LogP contribution is -2.31. The van der Waals surface area contributed by atoms with Gasteiger partial charge in [0, 0.05) is 0 Å². The van der Waals surface area contributed by atoms with Crippen LogP contribution in [0.4, 0.5) is 0 Å². The van der Waals surface area contributed by atoms with Crippen molar-refractivity contribution in [2.24, 2.45) is 5.41 Å². The van der Waals surface area contributed by atoms with Crippen LogP contribution in [0.3, 0.4) is 0 Å². The molecule has 1 unspecified atom stereocenters. The topological polar surface area (TPSA) is 26.3 Å². The predicted molar refractivity (Wildman–Crippen MR) is 95.8 cm³/mol. The maximum absolute atomic E-state index is 12.6. The molecule has 0 saturated heterocycles. The molecule has 2 heteroatoms. The zero-order chi connectivity index (χ0) is 17.1. The molecular formula is C21H32O2. The molecule has 23 heavy (non-hydrogen) atoms. The fourth-order valence-corrected chi connectivity index (χ4v) is 3.50. The molecule has 1 aliphatic rings. The van der Waals surface area contributed by atoms with Crippen LogP contribution in [0.5, 0.6) is 0 Å². The summed E-state index contributed by atoms with van der Waals surface area (Å²) >= 11 is 0. The zero-order valence-corrected chi connectivity index (χ0v) is 15.4. The molecule has 0 radical (unpaired) electrons. The summed E-state index contributed by atoms with van der Waals surface area (Å²) in [7, 11) is 0. The third-order valence-electron chi connectivity index (χ3n) is 6.17. The monoisotopic (exact) mass is 316 g/mol. The number of esters is 1. The molecule has 0 N–H and O–H groups in total. The van der Waals surface area contributed by atoms with Gasteiger partial charge in [-0.3, -0.25) is 0 Å². The Morgan fingerprint density at radius 3 is 2.48 bits per heavy atom. The highest BCUT2D eigenvalue weighted by molar-refractivity contribution is 5.90. The SMILES string of the molecule is CCC1(OC(=O)c2cccc(C(C)C(C)(C)CC)c2)CCCC1. The number of hydrogen-bond acceptors (Lipinski definition) is 2. The molecule has 0 heterocycles.